The van der Waals surface area contributed by atoms with Crippen LogP contribution in [0.2, 0.25) is 5.02 Å². The Bertz CT molecular complexity index is 757. The summed E-state index contributed by atoms with van der Waals surface area (Å²) in [5.41, 5.74) is 9.36. The maximum absolute atomic E-state index is 12.3. The van der Waals surface area contributed by atoms with Gasteiger partial charge in [0.2, 0.25) is 5.91 Å². The molecule has 25 heavy (non-hydrogen) atoms. The first-order valence-corrected chi connectivity index (χ1v) is 8.78. The van der Waals surface area contributed by atoms with E-state index < -0.39 is 0 Å². The Balaban J connectivity index is 1.52. The Morgan fingerprint density at radius 1 is 1.16 bits per heavy atom. The number of piperazine rings is 1. The molecule has 0 radical (unpaired) electrons. The molecule has 0 unspecified atom stereocenters. The topological polar surface area (TPSA) is 61.6 Å². The van der Waals surface area contributed by atoms with Crippen molar-refractivity contribution in [2.75, 3.05) is 48.7 Å². The Hall–Kier alpha value is -2.24. The highest BCUT2D eigenvalue weighted by atomic mass is 35.5. The number of amides is 1. The highest BCUT2D eigenvalue weighted by Gasteiger charge is 2.19. The quantitative estimate of drug-likeness (QED) is 0.825. The zero-order chi connectivity index (χ0) is 17.8. The standard InChI is InChI=1S/C19H23ClN4O/c1-14-5-6-16(21)12-18(14)22-19(25)13-23-7-9-24(10-8-23)17-4-2-3-15(20)11-17/h2-6,11-12H,7-10,13,21H2,1H3,(H,22,25). The smallest absolute Gasteiger partial charge is 0.238 e. The van der Waals surface area contributed by atoms with Crippen molar-refractivity contribution in [2.24, 2.45) is 0 Å². The van der Waals surface area contributed by atoms with E-state index in [1.165, 1.54) is 0 Å². The molecule has 1 heterocycles. The maximum Gasteiger partial charge on any atom is 0.238 e. The highest BCUT2D eigenvalue weighted by Crippen LogP contribution is 2.21. The van der Waals surface area contributed by atoms with Gasteiger partial charge in [0.1, 0.15) is 0 Å². The van der Waals surface area contributed by atoms with Crippen molar-refractivity contribution in [3.8, 4) is 0 Å². The van der Waals surface area contributed by atoms with E-state index >= 15 is 0 Å². The van der Waals surface area contributed by atoms with Gasteiger partial charge >= 0.3 is 0 Å². The number of benzene rings is 2. The van der Waals surface area contributed by atoms with Gasteiger partial charge in [-0.1, -0.05) is 23.7 Å². The first-order chi connectivity index (χ1) is 12.0. The van der Waals surface area contributed by atoms with Crippen LogP contribution in [-0.2, 0) is 4.79 Å². The fourth-order valence-corrected chi connectivity index (χ4v) is 3.19. The lowest BCUT2D eigenvalue weighted by Gasteiger charge is -2.35. The number of carbonyl (C=O) groups is 1. The third-order valence-corrected chi connectivity index (χ3v) is 4.68. The van der Waals surface area contributed by atoms with Crippen molar-refractivity contribution >= 4 is 34.6 Å². The van der Waals surface area contributed by atoms with Gasteiger partial charge in [0.15, 0.2) is 0 Å². The van der Waals surface area contributed by atoms with Crippen LogP contribution in [0.1, 0.15) is 5.56 Å². The number of hydrogen-bond acceptors (Lipinski definition) is 4. The number of carbonyl (C=O) groups excluding carboxylic acids is 1. The van der Waals surface area contributed by atoms with Crippen LogP contribution in [-0.4, -0.2) is 43.5 Å². The van der Waals surface area contributed by atoms with Gasteiger partial charge < -0.3 is 16.0 Å². The summed E-state index contributed by atoms with van der Waals surface area (Å²) in [7, 11) is 0. The summed E-state index contributed by atoms with van der Waals surface area (Å²) in [4.78, 5) is 16.8. The Morgan fingerprint density at radius 2 is 1.92 bits per heavy atom. The molecule has 3 rings (SSSR count). The molecule has 2 aromatic rings. The minimum atomic E-state index is -0.00935. The van der Waals surface area contributed by atoms with E-state index in [1.807, 2.05) is 37.3 Å². The van der Waals surface area contributed by atoms with Crippen LogP contribution in [0, 0.1) is 6.92 Å². The number of nitrogens with one attached hydrogen (secondary N) is 1. The number of anilines is 3. The Morgan fingerprint density at radius 3 is 2.64 bits per heavy atom. The number of aryl methyl sites for hydroxylation is 1. The second-order valence-electron chi connectivity index (χ2n) is 6.37. The van der Waals surface area contributed by atoms with Crippen LogP contribution in [0.25, 0.3) is 0 Å². The first kappa shape index (κ1) is 17.6. The zero-order valence-corrected chi connectivity index (χ0v) is 15.1. The van der Waals surface area contributed by atoms with Crippen molar-refractivity contribution < 1.29 is 4.79 Å². The average Bonchev–Trinajstić information content (AvgIpc) is 2.59. The molecule has 0 atom stereocenters. The van der Waals surface area contributed by atoms with Crippen LogP contribution >= 0.6 is 11.6 Å². The lowest BCUT2D eigenvalue weighted by Crippen LogP contribution is -2.48. The average molecular weight is 359 g/mol. The lowest BCUT2D eigenvalue weighted by molar-refractivity contribution is -0.117. The summed E-state index contributed by atoms with van der Waals surface area (Å²) in [5.74, 6) is -0.00935. The van der Waals surface area contributed by atoms with Gasteiger partial charge in [0.05, 0.1) is 6.54 Å². The molecule has 2 aromatic carbocycles. The summed E-state index contributed by atoms with van der Waals surface area (Å²) in [6, 6.07) is 13.4. The molecular formula is C19H23ClN4O. The van der Waals surface area contributed by atoms with E-state index in [9.17, 15) is 4.79 Å². The van der Waals surface area contributed by atoms with Crippen LogP contribution in [0.5, 0.6) is 0 Å². The Kier molecular flexibility index (Phi) is 5.46. The minimum Gasteiger partial charge on any atom is -0.399 e. The highest BCUT2D eigenvalue weighted by molar-refractivity contribution is 6.30. The van der Waals surface area contributed by atoms with Gasteiger partial charge in [0, 0.05) is 48.3 Å². The van der Waals surface area contributed by atoms with Gasteiger partial charge in [-0.2, -0.15) is 0 Å². The number of nitrogen functional groups attached to an aromatic ring is 1. The van der Waals surface area contributed by atoms with Gasteiger partial charge in [-0.15, -0.1) is 0 Å². The van der Waals surface area contributed by atoms with Crippen molar-refractivity contribution in [3.05, 3.63) is 53.1 Å². The van der Waals surface area contributed by atoms with Gasteiger partial charge in [-0.3, -0.25) is 9.69 Å². The third-order valence-electron chi connectivity index (χ3n) is 4.45. The Labute approximate surface area is 153 Å². The maximum atomic E-state index is 12.3. The predicted octanol–water partition coefficient (Wildman–Crippen LogP) is 2.99. The number of nitrogens with two attached hydrogens (primary N) is 1. The van der Waals surface area contributed by atoms with Crippen molar-refractivity contribution in [1.29, 1.82) is 0 Å². The largest absolute Gasteiger partial charge is 0.399 e. The monoisotopic (exact) mass is 358 g/mol. The van der Waals surface area contributed by atoms with Crippen molar-refractivity contribution in [3.63, 3.8) is 0 Å². The minimum absolute atomic E-state index is 0.00935. The first-order valence-electron chi connectivity index (χ1n) is 8.40. The van der Waals surface area contributed by atoms with Crippen molar-refractivity contribution in [2.45, 2.75) is 6.92 Å². The van der Waals surface area contributed by atoms with Crippen LogP contribution in [0.3, 0.4) is 0 Å². The van der Waals surface area contributed by atoms with Crippen LogP contribution < -0.4 is 16.0 Å². The number of halogens is 1. The number of nitrogens with zero attached hydrogens (tertiary/aromatic N) is 2. The van der Waals surface area contributed by atoms with E-state index in [1.54, 1.807) is 6.07 Å². The van der Waals surface area contributed by atoms with Crippen LogP contribution in [0.15, 0.2) is 42.5 Å². The fraction of sp³-hybridized carbons (Fsp3) is 0.316. The third kappa shape index (κ3) is 4.65. The van der Waals surface area contributed by atoms with E-state index in [4.69, 9.17) is 17.3 Å². The summed E-state index contributed by atoms with van der Waals surface area (Å²) < 4.78 is 0. The molecule has 0 spiro atoms. The van der Waals surface area contributed by atoms with E-state index in [-0.39, 0.29) is 5.91 Å². The zero-order valence-electron chi connectivity index (χ0n) is 14.3. The molecule has 6 heteroatoms. The SMILES string of the molecule is Cc1ccc(N)cc1NC(=O)CN1CCN(c2cccc(Cl)c2)CC1. The molecule has 1 saturated heterocycles. The van der Waals surface area contributed by atoms with E-state index in [0.29, 0.717) is 12.2 Å². The van der Waals surface area contributed by atoms with Gasteiger partial charge in [-0.25, -0.2) is 0 Å². The normalized spacial score (nSPS) is 15.2. The molecule has 0 aliphatic carbocycles. The lowest BCUT2D eigenvalue weighted by atomic mass is 10.2. The second-order valence-corrected chi connectivity index (χ2v) is 6.80. The molecule has 1 fully saturated rings. The summed E-state index contributed by atoms with van der Waals surface area (Å²) in [6.07, 6.45) is 0. The fourth-order valence-electron chi connectivity index (χ4n) is 3.00. The van der Waals surface area contributed by atoms with Crippen molar-refractivity contribution in [1.82, 2.24) is 4.90 Å². The predicted molar refractivity (Wildman–Crippen MR) is 104 cm³/mol. The summed E-state index contributed by atoms with van der Waals surface area (Å²) >= 11 is 6.06. The molecule has 132 valence electrons. The second kappa shape index (κ2) is 7.76. The number of hydrogen-bond donors (Lipinski definition) is 2. The van der Waals surface area contributed by atoms with E-state index in [2.05, 4.69) is 21.2 Å². The molecule has 3 N–H and O–H groups in total. The van der Waals surface area contributed by atoms with Gasteiger partial charge in [-0.05, 0) is 42.8 Å². The summed E-state index contributed by atoms with van der Waals surface area (Å²) in [5, 5.41) is 3.70. The molecule has 1 amide bonds. The molecule has 0 saturated carbocycles. The molecule has 0 aromatic heterocycles. The molecule has 5 nitrogen and oxygen atoms in total. The van der Waals surface area contributed by atoms with Crippen LogP contribution in [0.4, 0.5) is 17.1 Å². The van der Waals surface area contributed by atoms with Gasteiger partial charge in [0.25, 0.3) is 0 Å². The molecule has 1 aliphatic rings. The molecule has 1 aliphatic heterocycles. The van der Waals surface area contributed by atoms with E-state index in [0.717, 1.165) is 48.1 Å². The molecule has 0 bridgehead atoms. The number of rotatable bonds is 4. The summed E-state index contributed by atoms with van der Waals surface area (Å²) in [6.45, 7) is 5.79. The molecular weight excluding hydrogens is 336 g/mol.